The minimum Gasteiger partial charge on any atom is -0.357 e. The third kappa shape index (κ3) is 3.64. The predicted octanol–water partition coefficient (Wildman–Crippen LogP) is 3.92. The van der Waals surface area contributed by atoms with Crippen LogP contribution in [0.5, 0.6) is 0 Å². The number of rotatable bonds is 4. The first-order valence-corrected chi connectivity index (χ1v) is 7.80. The molecule has 0 saturated heterocycles. The number of hydrogen-bond donors (Lipinski definition) is 0. The van der Waals surface area contributed by atoms with Gasteiger partial charge >= 0.3 is 0 Å². The van der Waals surface area contributed by atoms with E-state index in [1.807, 2.05) is 50.5 Å². The summed E-state index contributed by atoms with van der Waals surface area (Å²) in [6.07, 6.45) is 0. The van der Waals surface area contributed by atoms with E-state index in [9.17, 15) is 0 Å². The van der Waals surface area contributed by atoms with E-state index >= 15 is 0 Å². The summed E-state index contributed by atoms with van der Waals surface area (Å²) >= 11 is 0. The Bertz CT molecular complexity index is 639. The molecule has 0 aromatic heterocycles. The Hall–Kier alpha value is -2.08. The molecular formula is C21H25NO. The fourth-order valence-electron chi connectivity index (χ4n) is 2.30. The van der Waals surface area contributed by atoms with E-state index in [1.54, 1.807) is 7.11 Å². The quantitative estimate of drug-likeness (QED) is 0.794. The molecule has 2 heteroatoms. The Morgan fingerprint density at radius 1 is 0.783 bits per heavy atom. The summed E-state index contributed by atoms with van der Waals surface area (Å²) in [5, 5.41) is 0. The van der Waals surface area contributed by atoms with Gasteiger partial charge in [-0.2, -0.15) is 0 Å². The van der Waals surface area contributed by atoms with Crippen LogP contribution < -0.4 is 0 Å². The Morgan fingerprint density at radius 3 is 1.57 bits per heavy atom. The van der Waals surface area contributed by atoms with E-state index in [1.165, 1.54) is 0 Å². The maximum atomic E-state index is 5.99. The molecule has 2 nitrogen and oxygen atoms in total. The van der Waals surface area contributed by atoms with Crippen LogP contribution >= 0.6 is 0 Å². The molecule has 0 aliphatic carbocycles. The van der Waals surface area contributed by atoms with Crippen molar-refractivity contribution in [1.29, 1.82) is 0 Å². The highest BCUT2D eigenvalue weighted by atomic mass is 16.5. The van der Waals surface area contributed by atoms with Gasteiger partial charge in [0.25, 0.3) is 0 Å². The maximum Gasteiger partial charge on any atom is 0.179 e. The molecule has 0 aliphatic rings. The highest BCUT2D eigenvalue weighted by Crippen LogP contribution is 2.32. The first-order chi connectivity index (χ1) is 10.9. The molecule has 2 rings (SSSR count). The Labute approximate surface area is 140 Å². The molecule has 0 fully saturated rings. The number of nitrogens with zero attached hydrogens (tertiary/aromatic N) is 1. The monoisotopic (exact) mass is 307 g/mol. The van der Waals surface area contributed by atoms with Crippen LogP contribution in [0.25, 0.3) is 0 Å². The van der Waals surface area contributed by atoms with Crippen molar-refractivity contribution < 1.29 is 4.74 Å². The molecule has 0 N–H and O–H groups in total. The van der Waals surface area contributed by atoms with E-state index in [2.05, 4.69) is 54.9 Å². The van der Waals surface area contributed by atoms with E-state index < -0.39 is 5.60 Å². The number of methoxy groups -OCH3 is 1. The van der Waals surface area contributed by atoms with E-state index in [0.29, 0.717) is 0 Å². The second-order valence-electron chi connectivity index (χ2n) is 6.32. The van der Waals surface area contributed by atoms with Gasteiger partial charge in [-0.15, -0.1) is 0 Å². The largest absolute Gasteiger partial charge is 0.357 e. The van der Waals surface area contributed by atoms with Crippen LogP contribution in [0.2, 0.25) is 0 Å². The third-order valence-electron chi connectivity index (χ3n) is 4.33. The van der Waals surface area contributed by atoms with Crippen LogP contribution in [0.15, 0.2) is 60.7 Å². The zero-order chi connectivity index (χ0) is 16.9. The van der Waals surface area contributed by atoms with Crippen LogP contribution in [-0.4, -0.2) is 31.6 Å². The van der Waals surface area contributed by atoms with Crippen molar-refractivity contribution in [3.8, 4) is 11.8 Å². The van der Waals surface area contributed by atoms with Crippen molar-refractivity contribution in [3.63, 3.8) is 0 Å². The van der Waals surface area contributed by atoms with E-state index in [4.69, 9.17) is 4.74 Å². The summed E-state index contributed by atoms with van der Waals surface area (Å²) in [5.41, 5.74) is 1.06. The lowest BCUT2D eigenvalue weighted by atomic mass is 9.85. The average molecular weight is 307 g/mol. The topological polar surface area (TPSA) is 12.5 Å². The van der Waals surface area contributed by atoms with Crippen molar-refractivity contribution in [2.75, 3.05) is 21.2 Å². The fraction of sp³-hybridized carbons (Fsp3) is 0.333. The van der Waals surface area contributed by atoms with Crippen LogP contribution in [0.4, 0.5) is 0 Å². The van der Waals surface area contributed by atoms with Gasteiger partial charge in [-0.25, -0.2) is 0 Å². The van der Waals surface area contributed by atoms with E-state index in [0.717, 1.165) is 11.1 Å². The molecule has 23 heavy (non-hydrogen) atoms. The molecule has 0 amide bonds. The standard InChI is InChI=1S/C21H25NO/c1-20(2,22(3)4)16-17-21(23-5,18-12-8-6-9-13-18)19-14-10-7-11-15-19/h6-15H,1-5H3. The SMILES string of the molecule is COC(C#CC(C)(C)N(C)C)(c1ccccc1)c1ccccc1. The maximum absolute atomic E-state index is 5.99. The minimum atomic E-state index is -0.768. The number of hydrogen-bond acceptors (Lipinski definition) is 2. The molecular weight excluding hydrogens is 282 g/mol. The van der Waals surface area contributed by atoms with Crippen molar-refractivity contribution in [2.24, 2.45) is 0 Å². The summed E-state index contributed by atoms with van der Waals surface area (Å²) in [6.45, 7) is 4.22. The van der Waals surface area contributed by atoms with Gasteiger partial charge in [0, 0.05) is 18.2 Å². The van der Waals surface area contributed by atoms with Gasteiger partial charge < -0.3 is 4.74 Å². The number of benzene rings is 2. The zero-order valence-electron chi connectivity index (χ0n) is 14.6. The third-order valence-corrected chi connectivity index (χ3v) is 4.33. The fourth-order valence-corrected chi connectivity index (χ4v) is 2.30. The summed E-state index contributed by atoms with van der Waals surface area (Å²) in [4.78, 5) is 2.11. The van der Waals surface area contributed by atoms with Gasteiger partial charge in [-0.3, -0.25) is 4.90 Å². The lowest BCUT2D eigenvalue weighted by Gasteiger charge is -2.31. The van der Waals surface area contributed by atoms with Gasteiger partial charge in [-0.1, -0.05) is 72.5 Å². The second-order valence-corrected chi connectivity index (χ2v) is 6.32. The molecule has 120 valence electrons. The van der Waals surface area contributed by atoms with Crippen molar-refractivity contribution in [3.05, 3.63) is 71.8 Å². The molecule has 0 heterocycles. The molecule has 0 atom stereocenters. The van der Waals surface area contributed by atoms with Crippen LogP contribution in [0.1, 0.15) is 25.0 Å². The lowest BCUT2D eigenvalue weighted by molar-refractivity contribution is 0.0737. The Morgan fingerprint density at radius 2 is 1.22 bits per heavy atom. The molecule has 0 spiro atoms. The second kappa shape index (κ2) is 7.00. The van der Waals surface area contributed by atoms with Gasteiger partial charge in [0.15, 0.2) is 5.60 Å². The summed E-state index contributed by atoms with van der Waals surface area (Å²) < 4.78 is 5.99. The molecule has 0 aliphatic heterocycles. The van der Waals surface area contributed by atoms with Gasteiger partial charge in [0.2, 0.25) is 0 Å². The lowest BCUT2D eigenvalue weighted by Crippen LogP contribution is -2.37. The Balaban J connectivity index is 2.64. The summed E-state index contributed by atoms with van der Waals surface area (Å²) in [6, 6.07) is 20.3. The van der Waals surface area contributed by atoms with Crippen LogP contribution in [0.3, 0.4) is 0 Å². The summed E-state index contributed by atoms with van der Waals surface area (Å²) in [5.74, 6) is 6.82. The van der Waals surface area contributed by atoms with Crippen molar-refractivity contribution >= 4 is 0 Å². The molecule has 2 aromatic carbocycles. The molecule has 0 radical (unpaired) electrons. The molecule has 0 bridgehead atoms. The van der Waals surface area contributed by atoms with E-state index in [-0.39, 0.29) is 5.54 Å². The van der Waals surface area contributed by atoms with Crippen molar-refractivity contribution in [2.45, 2.75) is 25.0 Å². The highest BCUT2D eigenvalue weighted by molar-refractivity contribution is 5.45. The van der Waals surface area contributed by atoms with Gasteiger partial charge in [0.05, 0.1) is 5.54 Å². The first kappa shape index (κ1) is 17.3. The summed E-state index contributed by atoms with van der Waals surface area (Å²) in [7, 11) is 5.79. The predicted molar refractivity (Wildman–Crippen MR) is 96.2 cm³/mol. The first-order valence-electron chi connectivity index (χ1n) is 7.80. The van der Waals surface area contributed by atoms with Crippen LogP contribution in [-0.2, 0) is 10.3 Å². The van der Waals surface area contributed by atoms with Crippen LogP contribution in [0, 0.1) is 11.8 Å². The molecule has 0 saturated carbocycles. The Kier molecular flexibility index (Phi) is 5.26. The number of ether oxygens (including phenoxy) is 1. The average Bonchev–Trinajstić information content (AvgIpc) is 2.57. The van der Waals surface area contributed by atoms with Gasteiger partial charge in [-0.05, 0) is 27.9 Å². The molecule has 0 unspecified atom stereocenters. The van der Waals surface area contributed by atoms with Gasteiger partial charge in [0.1, 0.15) is 0 Å². The minimum absolute atomic E-state index is 0.243. The smallest absolute Gasteiger partial charge is 0.179 e. The normalized spacial score (nSPS) is 11.9. The highest BCUT2D eigenvalue weighted by Gasteiger charge is 2.33. The zero-order valence-corrected chi connectivity index (χ0v) is 14.6. The molecule has 2 aromatic rings. The van der Waals surface area contributed by atoms with Crippen molar-refractivity contribution in [1.82, 2.24) is 4.90 Å².